The first-order chi connectivity index (χ1) is 14.7. The van der Waals surface area contributed by atoms with Crippen LogP contribution in [0.25, 0.3) is 0 Å². The van der Waals surface area contributed by atoms with E-state index >= 15 is 0 Å². The van der Waals surface area contributed by atoms with Crippen molar-refractivity contribution < 1.29 is 28.1 Å². The molecule has 1 aliphatic rings. The van der Waals surface area contributed by atoms with Gasteiger partial charge in [0.15, 0.2) is 0 Å². The Balaban J connectivity index is 1.49. The number of anilines is 1. The maximum absolute atomic E-state index is 11.4. The third kappa shape index (κ3) is 6.75. The molecule has 0 saturated heterocycles. The van der Waals surface area contributed by atoms with Gasteiger partial charge in [-0.2, -0.15) is 0 Å². The Hall–Kier alpha value is -2.49. The van der Waals surface area contributed by atoms with E-state index in [0.29, 0.717) is 18.2 Å². The largest absolute Gasteiger partial charge is 0.506 e. The number of aromatic hydroxyl groups is 1. The van der Waals surface area contributed by atoms with E-state index in [4.69, 9.17) is 9.47 Å². The van der Waals surface area contributed by atoms with Crippen LogP contribution in [0.2, 0.25) is 0 Å². The van der Waals surface area contributed by atoms with Crippen LogP contribution >= 0.6 is 0 Å². The minimum absolute atomic E-state index is 0.0269. The lowest BCUT2D eigenvalue weighted by Crippen LogP contribution is -2.34. The lowest BCUT2D eigenvalue weighted by molar-refractivity contribution is 0.106. The summed E-state index contributed by atoms with van der Waals surface area (Å²) in [6.07, 6.45) is 3.56. The van der Waals surface area contributed by atoms with Gasteiger partial charge >= 0.3 is 0 Å². The number of benzene rings is 2. The molecule has 170 valence electrons. The Morgan fingerprint density at radius 2 is 1.97 bits per heavy atom. The smallest absolute Gasteiger partial charge is 0.229 e. The molecule has 0 radical (unpaired) electrons. The van der Waals surface area contributed by atoms with Crippen LogP contribution in [-0.4, -0.2) is 57.8 Å². The number of hydrogen-bond acceptors (Lipinski definition) is 7. The Morgan fingerprint density at radius 3 is 2.71 bits per heavy atom. The normalized spacial score (nSPS) is 16.9. The quantitative estimate of drug-likeness (QED) is 0.410. The number of hydrogen-bond donors (Lipinski definition) is 4. The molecule has 31 heavy (non-hydrogen) atoms. The minimum Gasteiger partial charge on any atom is -0.506 e. The van der Waals surface area contributed by atoms with Gasteiger partial charge in [-0.3, -0.25) is 4.72 Å². The monoisotopic (exact) mass is 450 g/mol. The molecule has 2 unspecified atom stereocenters. The number of sulfonamides is 1. The van der Waals surface area contributed by atoms with Crippen molar-refractivity contribution >= 4 is 15.7 Å². The van der Waals surface area contributed by atoms with Crippen molar-refractivity contribution in [2.45, 2.75) is 31.3 Å². The zero-order valence-electron chi connectivity index (χ0n) is 17.8. The molecule has 0 amide bonds. The van der Waals surface area contributed by atoms with Gasteiger partial charge in [-0.25, -0.2) is 8.42 Å². The molecule has 0 aromatic heterocycles. The average Bonchev–Trinajstić information content (AvgIpc) is 2.73. The van der Waals surface area contributed by atoms with Crippen LogP contribution in [0.1, 0.15) is 29.9 Å². The lowest BCUT2D eigenvalue weighted by Gasteiger charge is -2.26. The van der Waals surface area contributed by atoms with Gasteiger partial charge in [-0.1, -0.05) is 6.07 Å². The number of rotatable bonds is 10. The van der Waals surface area contributed by atoms with Gasteiger partial charge in [0.05, 0.1) is 19.1 Å². The molecule has 0 spiro atoms. The highest BCUT2D eigenvalue weighted by atomic mass is 32.2. The van der Waals surface area contributed by atoms with Crippen LogP contribution in [0.15, 0.2) is 36.4 Å². The fraction of sp³-hybridized carbons (Fsp3) is 0.455. The molecule has 0 saturated carbocycles. The summed E-state index contributed by atoms with van der Waals surface area (Å²) in [4.78, 5) is 0. The number of aliphatic hydroxyl groups excluding tert-OH is 1. The summed E-state index contributed by atoms with van der Waals surface area (Å²) in [6.45, 7) is 1.15. The predicted molar refractivity (Wildman–Crippen MR) is 120 cm³/mol. The van der Waals surface area contributed by atoms with Crippen molar-refractivity contribution in [2.24, 2.45) is 0 Å². The summed E-state index contributed by atoms with van der Waals surface area (Å²) in [5.74, 6) is 1.37. The van der Waals surface area contributed by atoms with Crippen LogP contribution in [0, 0.1) is 0 Å². The predicted octanol–water partition coefficient (Wildman–Crippen LogP) is 2.22. The Bertz CT molecular complexity index is 995. The summed E-state index contributed by atoms with van der Waals surface area (Å²) in [7, 11) is -1.86. The van der Waals surface area contributed by atoms with Crippen LogP contribution in [0.4, 0.5) is 5.69 Å². The molecular weight excluding hydrogens is 420 g/mol. The number of methoxy groups -OCH3 is 1. The van der Waals surface area contributed by atoms with Gasteiger partial charge in [0, 0.05) is 19.2 Å². The van der Waals surface area contributed by atoms with Crippen molar-refractivity contribution in [3.63, 3.8) is 0 Å². The second-order valence-corrected chi connectivity index (χ2v) is 9.58. The van der Waals surface area contributed by atoms with Crippen LogP contribution < -0.4 is 19.5 Å². The molecule has 2 atom stereocenters. The van der Waals surface area contributed by atoms with E-state index in [2.05, 4.69) is 22.2 Å². The molecule has 2 aromatic carbocycles. The van der Waals surface area contributed by atoms with E-state index in [9.17, 15) is 18.6 Å². The van der Waals surface area contributed by atoms with Gasteiger partial charge < -0.3 is 25.0 Å². The molecule has 4 N–H and O–H groups in total. The number of nitrogens with one attached hydrogen (secondary N) is 2. The van der Waals surface area contributed by atoms with Crippen molar-refractivity contribution in [3.05, 3.63) is 47.5 Å². The zero-order chi connectivity index (χ0) is 22.4. The third-order valence-electron chi connectivity index (χ3n) is 5.27. The Morgan fingerprint density at radius 1 is 1.19 bits per heavy atom. The fourth-order valence-corrected chi connectivity index (χ4v) is 4.34. The molecule has 2 aromatic rings. The summed E-state index contributed by atoms with van der Waals surface area (Å²) < 4.78 is 35.9. The summed E-state index contributed by atoms with van der Waals surface area (Å²) in [5.41, 5.74) is 2.69. The van der Waals surface area contributed by atoms with E-state index in [0.717, 1.165) is 37.8 Å². The molecule has 0 bridgehead atoms. The van der Waals surface area contributed by atoms with Crippen molar-refractivity contribution in [1.82, 2.24) is 5.32 Å². The topological polar surface area (TPSA) is 117 Å². The average molecular weight is 451 g/mol. The highest BCUT2D eigenvalue weighted by molar-refractivity contribution is 7.92. The second-order valence-electron chi connectivity index (χ2n) is 7.83. The number of fused-ring (bicyclic) bond motifs is 1. The molecule has 0 fully saturated rings. The fourth-order valence-electron chi connectivity index (χ4n) is 3.78. The van der Waals surface area contributed by atoms with Crippen LogP contribution in [0.5, 0.6) is 17.2 Å². The summed E-state index contributed by atoms with van der Waals surface area (Å²) in [6, 6.07) is 10.5. The zero-order valence-corrected chi connectivity index (χ0v) is 18.6. The number of aliphatic hydroxyl groups is 1. The van der Waals surface area contributed by atoms with Crippen molar-refractivity contribution in [2.75, 3.05) is 37.8 Å². The molecule has 0 heterocycles. The molecule has 9 heteroatoms. The van der Waals surface area contributed by atoms with E-state index in [-0.39, 0.29) is 18.0 Å². The van der Waals surface area contributed by atoms with Crippen LogP contribution in [-0.2, 0) is 16.4 Å². The molecule has 1 aliphatic carbocycles. The number of phenolic OH excluding ortho intramolecular Hbond substituents is 1. The van der Waals surface area contributed by atoms with Gasteiger partial charge in [0.2, 0.25) is 10.0 Å². The molecule has 0 aliphatic heterocycles. The van der Waals surface area contributed by atoms with Gasteiger partial charge in [-0.15, -0.1) is 0 Å². The Labute approximate surface area is 183 Å². The Kier molecular flexibility index (Phi) is 7.64. The van der Waals surface area contributed by atoms with Crippen LogP contribution in [0.3, 0.4) is 0 Å². The first-order valence-electron chi connectivity index (χ1n) is 10.2. The minimum atomic E-state index is -3.53. The maximum atomic E-state index is 11.4. The molecule has 8 nitrogen and oxygen atoms in total. The van der Waals surface area contributed by atoms with E-state index in [1.54, 1.807) is 7.11 Å². The number of aryl methyl sites for hydroxylation is 1. The standard InChI is InChI=1S/C22H30N2O6S/c1-29-18-7-6-15-4-3-5-16(20(15)10-18)12-23-13-17(25)14-30-19-8-9-22(26)21(11-19)24-31(2,27)28/h6-11,16-17,23-26H,3-5,12-14H2,1-2H3. The first kappa shape index (κ1) is 23.2. The third-order valence-corrected chi connectivity index (χ3v) is 5.86. The molecule has 3 rings (SSSR count). The highest BCUT2D eigenvalue weighted by Crippen LogP contribution is 2.33. The van der Waals surface area contributed by atoms with Crippen molar-refractivity contribution in [3.8, 4) is 17.2 Å². The van der Waals surface area contributed by atoms with Crippen molar-refractivity contribution in [1.29, 1.82) is 0 Å². The maximum Gasteiger partial charge on any atom is 0.229 e. The summed E-state index contributed by atoms with van der Waals surface area (Å²) >= 11 is 0. The van der Waals surface area contributed by atoms with Gasteiger partial charge in [-0.05, 0) is 60.6 Å². The highest BCUT2D eigenvalue weighted by Gasteiger charge is 2.21. The SMILES string of the molecule is COc1ccc2c(c1)C(CNCC(O)COc1ccc(O)c(NS(C)(=O)=O)c1)CCC2. The first-order valence-corrected chi connectivity index (χ1v) is 12.1. The number of phenols is 1. The van der Waals surface area contributed by atoms with Gasteiger partial charge in [0.1, 0.15) is 30.0 Å². The van der Waals surface area contributed by atoms with Gasteiger partial charge in [0.25, 0.3) is 0 Å². The van der Waals surface area contributed by atoms with E-state index in [1.807, 2.05) is 6.07 Å². The lowest BCUT2D eigenvalue weighted by atomic mass is 9.82. The summed E-state index contributed by atoms with van der Waals surface area (Å²) in [5, 5.41) is 23.3. The number of ether oxygens (including phenoxy) is 2. The van der Waals surface area contributed by atoms with E-state index in [1.165, 1.54) is 29.3 Å². The molecular formula is C22H30N2O6S. The second kappa shape index (κ2) is 10.2. The van der Waals surface area contributed by atoms with E-state index < -0.39 is 16.1 Å².